The molecule has 0 N–H and O–H groups in total. The van der Waals surface area contributed by atoms with Gasteiger partial charge in [0.25, 0.3) is 0 Å². The molecule has 2 aromatic rings. The summed E-state index contributed by atoms with van der Waals surface area (Å²) in [6.45, 7) is 0.716. The van der Waals surface area contributed by atoms with Gasteiger partial charge < -0.3 is 4.90 Å². The van der Waals surface area contributed by atoms with Crippen molar-refractivity contribution in [2.75, 3.05) is 4.90 Å². The lowest BCUT2D eigenvalue weighted by Crippen LogP contribution is -2.26. The van der Waals surface area contributed by atoms with Gasteiger partial charge in [0.05, 0.1) is 11.6 Å². The van der Waals surface area contributed by atoms with E-state index in [-0.39, 0.29) is 5.82 Å². The van der Waals surface area contributed by atoms with Gasteiger partial charge in [-0.15, -0.1) is 11.3 Å². The second-order valence-corrected chi connectivity index (χ2v) is 5.87. The SMILES string of the molecule is Fc1cc(Cl)cnc1N(Cc1cccs1)C1CC1. The van der Waals surface area contributed by atoms with E-state index in [0.29, 0.717) is 23.4 Å². The lowest BCUT2D eigenvalue weighted by Gasteiger charge is -2.23. The minimum absolute atomic E-state index is 0.336. The van der Waals surface area contributed by atoms with Crippen molar-refractivity contribution in [1.29, 1.82) is 0 Å². The van der Waals surface area contributed by atoms with Crippen LogP contribution in [-0.2, 0) is 6.54 Å². The summed E-state index contributed by atoms with van der Waals surface area (Å²) in [4.78, 5) is 7.40. The summed E-state index contributed by atoms with van der Waals surface area (Å²) in [5.74, 6) is 0.0706. The molecule has 0 bridgehead atoms. The molecule has 1 aliphatic rings. The van der Waals surface area contributed by atoms with Crippen molar-refractivity contribution in [3.05, 3.63) is 45.5 Å². The van der Waals surface area contributed by atoms with Crippen molar-refractivity contribution in [2.45, 2.75) is 25.4 Å². The van der Waals surface area contributed by atoms with Crippen LogP contribution in [0.4, 0.5) is 10.2 Å². The fraction of sp³-hybridized carbons (Fsp3) is 0.308. The minimum atomic E-state index is -0.342. The Morgan fingerprint density at radius 3 is 2.94 bits per heavy atom. The Balaban J connectivity index is 1.89. The first-order valence-corrected chi connectivity index (χ1v) is 7.10. The molecule has 2 heterocycles. The number of rotatable bonds is 4. The fourth-order valence-corrected chi connectivity index (χ4v) is 2.80. The molecule has 94 valence electrons. The van der Waals surface area contributed by atoms with E-state index in [0.717, 1.165) is 12.8 Å². The molecule has 0 radical (unpaired) electrons. The van der Waals surface area contributed by atoms with Crippen molar-refractivity contribution in [3.8, 4) is 0 Å². The molecule has 5 heteroatoms. The van der Waals surface area contributed by atoms with Crippen LogP contribution in [0, 0.1) is 5.82 Å². The first-order chi connectivity index (χ1) is 8.74. The van der Waals surface area contributed by atoms with E-state index in [1.54, 1.807) is 11.3 Å². The van der Waals surface area contributed by atoms with Crippen LogP contribution in [0.15, 0.2) is 29.8 Å². The van der Waals surface area contributed by atoms with E-state index < -0.39 is 0 Å². The number of nitrogens with zero attached hydrogens (tertiary/aromatic N) is 2. The predicted molar refractivity (Wildman–Crippen MR) is 72.7 cm³/mol. The first kappa shape index (κ1) is 11.9. The molecule has 2 nitrogen and oxygen atoms in total. The summed E-state index contributed by atoms with van der Waals surface area (Å²) in [5, 5.41) is 2.37. The molecule has 3 rings (SSSR count). The van der Waals surface area contributed by atoms with Gasteiger partial charge in [-0.2, -0.15) is 0 Å². The van der Waals surface area contributed by atoms with Crippen LogP contribution in [-0.4, -0.2) is 11.0 Å². The van der Waals surface area contributed by atoms with Gasteiger partial charge in [0.1, 0.15) is 0 Å². The Kier molecular flexibility index (Phi) is 3.22. The molecule has 1 aliphatic carbocycles. The molecule has 0 unspecified atom stereocenters. The zero-order chi connectivity index (χ0) is 12.5. The van der Waals surface area contributed by atoms with Crippen LogP contribution in [0.5, 0.6) is 0 Å². The Morgan fingerprint density at radius 1 is 1.50 bits per heavy atom. The average Bonchev–Trinajstić information content (AvgIpc) is 3.05. The van der Waals surface area contributed by atoms with Crippen molar-refractivity contribution >= 4 is 28.8 Å². The molecule has 2 aromatic heterocycles. The molecule has 0 aromatic carbocycles. The average molecular weight is 283 g/mol. The number of anilines is 1. The Morgan fingerprint density at radius 2 is 2.33 bits per heavy atom. The number of halogens is 2. The van der Waals surface area contributed by atoms with Crippen LogP contribution >= 0.6 is 22.9 Å². The maximum atomic E-state index is 13.9. The highest BCUT2D eigenvalue weighted by Crippen LogP contribution is 2.34. The molecule has 0 spiro atoms. The van der Waals surface area contributed by atoms with Crippen molar-refractivity contribution in [1.82, 2.24) is 4.98 Å². The highest BCUT2D eigenvalue weighted by atomic mass is 35.5. The smallest absolute Gasteiger partial charge is 0.167 e. The largest absolute Gasteiger partial charge is 0.346 e. The molecular weight excluding hydrogens is 271 g/mol. The van der Waals surface area contributed by atoms with Gasteiger partial charge in [-0.05, 0) is 30.4 Å². The summed E-state index contributed by atoms with van der Waals surface area (Å²) >= 11 is 7.42. The van der Waals surface area contributed by atoms with Crippen LogP contribution < -0.4 is 4.90 Å². The summed E-state index contributed by atoms with van der Waals surface area (Å²) in [5.41, 5.74) is 0. The molecule has 0 aliphatic heterocycles. The topological polar surface area (TPSA) is 16.1 Å². The zero-order valence-corrected chi connectivity index (χ0v) is 11.2. The highest BCUT2D eigenvalue weighted by molar-refractivity contribution is 7.09. The van der Waals surface area contributed by atoms with Gasteiger partial charge in [-0.1, -0.05) is 17.7 Å². The van der Waals surface area contributed by atoms with Gasteiger partial charge in [0.15, 0.2) is 11.6 Å². The second-order valence-electron chi connectivity index (χ2n) is 4.40. The monoisotopic (exact) mass is 282 g/mol. The lowest BCUT2D eigenvalue weighted by molar-refractivity contribution is 0.606. The molecular formula is C13H12ClFN2S. The molecule has 0 amide bonds. The molecule has 1 fully saturated rings. The van der Waals surface area contributed by atoms with Gasteiger partial charge in [0.2, 0.25) is 0 Å². The van der Waals surface area contributed by atoms with E-state index in [9.17, 15) is 4.39 Å². The number of hydrogen-bond acceptors (Lipinski definition) is 3. The van der Waals surface area contributed by atoms with E-state index in [2.05, 4.69) is 11.1 Å². The van der Waals surface area contributed by atoms with E-state index in [4.69, 9.17) is 11.6 Å². The third-order valence-corrected chi connectivity index (χ3v) is 4.02. The zero-order valence-electron chi connectivity index (χ0n) is 9.64. The second kappa shape index (κ2) is 4.86. The molecule has 18 heavy (non-hydrogen) atoms. The predicted octanol–water partition coefficient (Wildman–Crippen LogP) is 4.10. The Bertz CT molecular complexity index is 540. The summed E-state index contributed by atoms with van der Waals surface area (Å²) in [6, 6.07) is 5.81. The Hall–Kier alpha value is -1.13. The molecule has 0 saturated heterocycles. The van der Waals surface area contributed by atoms with Gasteiger partial charge >= 0.3 is 0 Å². The number of pyridine rings is 1. The third-order valence-electron chi connectivity index (χ3n) is 2.95. The molecule has 1 saturated carbocycles. The normalized spacial score (nSPS) is 14.8. The van der Waals surface area contributed by atoms with E-state index in [1.807, 2.05) is 16.3 Å². The number of thiophene rings is 1. The van der Waals surface area contributed by atoms with Crippen LogP contribution in [0.2, 0.25) is 5.02 Å². The Labute approximate surface area is 114 Å². The van der Waals surface area contributed by atoms with Crippen LogP contribution in [0.1, 0.15) is 17.7 Å². The quantitative estimate of drug-likeness (QED) is 0.839. The van der Waals surface area contributed by atoms with Gasteiger partial charge in [0, 0.05) is 17.1 Å². The maximum absolute atomic E-state index is 13.9. The van der Waals surface area contributed by atoms with Crippen molar-refractivity contribution in [3.63, 3.8) is 0 Å². The highest BCUT2D eigenvalue weighted by Gasteiger charge is 2.31. The van der Waals surface area contributed by atoms with Crippen molar-refractivity contribution < 1.29 is 4.39 Å². The number of hydrogen-bond donors (Lipinski definition) is 0. The molecule has 0 atom stereocenters. The third kappa shape index (κ3) is 2.49. The lowest BCUT2D eigenvalue weighted by atomic mass is 10.3. The summed E-state index contributed by atoms with van der Waals surface area (Å²) in [7, 11) is 0. The van der Waals surface area contributed by atoms with Crippen LogP contribution in [0.25, 0.3) is 0 Å². The summed E-state index contributed by atoms with van der Waals surface area (Å²) in [6.07, 6.45) is 3.72. The first-order valence-electron chi connectivity index (χ1n) is 5.84. The van der Waals surface area contributed by atoms with Crippen LogP contribution in [0.3, 0.4) is 0 Å². The van der Waals surface area contributed by atoms with Gasteiger partial charge in [-0.3, -0.25) is 0 Å². The minimum Gasteiger partial charge on any atom is -0.346 e. The van der Waals surface area contributed by atoms with E-state index >= 15 is 0 Å². The maximum Gasteiger partial charge on any atom is 0.167 e. The standard InChI is InChI=1S/C13H12ClFN2S/c14-9-6-12(15)13(16-7-9)17(10-3-4-10)8-11-2-1-5-18-11/h1-2,5-7,10H,3-4,8H2. The van der Waals surface area contributed by atoms with E-state index in [1.165, 1.54) is 17.1 Å². The summed E-state index contributed by atoms with van der Waals surface area (Å²) < 4.78 is 13.9. The fourth-order valence-electron chi connectivity index (χ4n) is 1.95. The van der Waals surface area contributed by atoms with Gasteiger partial charge in [-0.25, -0.2) is 9.37 Å². The van der Waals surface area contributed by atoms with Crippen molar-refractivity contribution in [2.24, 2.45) is 0 Å². The number of aromatic nitrogens is 1.